The molecule has 8 heteroatoms. The van der Waals surface area contributed by atoms with Gasteiger partial charge in [0.1, 0.15) is 5.00 Å². The maximum absolute atomic E-state index is 13.0. The lowest BCUT2D eigenvalue weighted by Gasteiger charge is -2.22. The van der Waals surface area contributed by atoms with E-state index >= 15 is 0 Å². The third-order valence-electron chi connectivity index (χ3n) is 7.63. The molecule has 0 aliphatic heterocycles. The van der Waals surface area contributed by atoms with E-state index in [2.05, 4.69) is 34.9 Å². The van der Waals surface area contributed by atoms with Gasteiger partial charge in [-0.05, 0) is 67.3 Å². The van der Waals surface area contributed by atoms with Gasteiger partial charge < -0.3 is 15.4 Å². The molecule has 2 aliphatic rings. The molecule has 2 amide bonds. The molecule has 39 heavy (non-hydrogen) atoms. The number of hydrogen-bond acceptors (Lipinski definition) is 6. The van der Waals surface area contributed by atoms with Crippen molar-refractivity contribution in [2.75, 3.05) is 23.5 Å². The van der Waals surface area contributed by atoms with E-state index < -0.39 is 5.97 Å². The van der Waals surface area contributed by atoms with Crippen LogP contribution in [0.1, 0.15) is 70.8 Å². The first-order chi connectivity index (χ1) is 19.0. The second kappa shape index (κ2) is 12.8. The maximum atomic E-state index is 13.0. The Balaban J connectivity index is 1.22. The zero-order valence-electron chi connectivity index (χ0n) is 22.2. The second-order valence-corrected chi connectivity index (χ2v) is 12.4. The highest BCUT2D eigenvalue weighted by Gasteiger charge is 2.30. The van der Waals surface area contributed by atoms with Crippen LogP contribution in [0.5, 0.6) is 0 Å². The summed E-state index contributed by atoms with van der Waals surface area (Å²) in [7, 11) is 1.38. The van der Waals surface area contributed by atoms with Crippen LogP contribution in [0, 0.1) is 5.92 Å². The fourth-order valence-corrected chi connectivity index (χ4v) is 7.67. The molecule has 5 rings (SSSR count). The fourth-order valence-electron chi connectivity index (χ4n) is 5.59. The highest BCUT2D eigenvalue weighted by molar-refractivity contribution is 8.00. The average molecular weight is 563 g/mol. The van der Waals surface area contributed by atoms with E-state index in [9.17, 15) is 14.4 Å². The van der Waals surface area contributed by atoms with E-state index in [1.807, 2.05) is 30.3 Å². The van der Waals surface area contributed by atoms with Crippen LogP contribution in [-0.4, -0.2) is 30.6 Å². The molecule has 204 valence electrons. The van der Waals surface area contributed by atoms with Crippen molar-refractivity contribution in [1.29, 1.82) is 0 Å². The van der Waals surface area contributed by atoms with E-state index in [1.54, 1.807) is 0 Å². The van der Waals surface area contributed by atoms with Crippen LogP contribution in [0.25, 0.3) is 0 Å². The van der Waals surface area contributed by atoms with Crippen molar-refractivity contribution in [3.63, 3.8) is 0 Å². The van der Waals surface area contributed by atoms with Crippen LogP contribution in [0.4, 0.5) is 10.7 Å². The Morgan fingerprint density at radius 2 is 1.77 bits per heavy atom. The first-order valence-electron chi connectivity index (χ1n) is 13.6. The van der Waals surface area contributed by atoms with Crippen molar-refractivity contribution in [3.05, 3.63) is 76.2 Å². The van der Waals surface area contributed by atoms with Gasteiger partial charge in [-0.1, -0.05) is 55.7 Å². The van der Waals surface area contributed by atoms with Gasteiger partial charge in [0.25, 0.3) is 0 Å². The van der Waals surface area contributed by atoms with Crippen molar-refractivity contribution in [1.82, 2.24) is 0 Å². The predicted molar refractivity (Wildman–Crippen MR) is 158 cm³/mol. The number of carbonyl (C=O) groups is 3. The van der Waals surface area contributed by atoms with Gasteiger partial charge in [0.2, 0.25) is 11.8 Å². The standard InChI is InChI=1S/C31H34N2O4S2/c1-37-31(36)28-25-16-15-22(20-9-4-2-5-10-20)17-26(25)39-30(28)33-27(34)19-38-24-14-8-13-23(18-24)32-29(35)21-11-6-3-7-12-21/h2,4-5,8-10,13-14,18,21-22H,3,6-7,11-12,15-17,19H2,1H3,(H,32,35)(H,33,34). The van der Waals surface area contributed by atoms with Crippen LogP contribution < -0.4 is 10.6 Å². The third-order valence-corrected chi connectivity index (χ3v) is 9.79. The Morgan fingerprint density at radius 3 is 2.54 bits per heavy atom. The minimum absolute atomic E-state index is 0.0844. The van der Waals surface area contributed by atoms with Gasteiger partial charge in [0.05, 0.1) is 18.4 Å². The molecule has 2 aliphatic carbocycles. The first-order valence-corrected chi connectivity index (χ1v) is 15.4. The van der Waals surface area contributed by atoms with Crippen LogP contribution in [-0.2, 0) is 27.2 Å². The lowest BCUT2D eigenvalue weighted by molar-refractivity contribution is -0.120. The van der Waals surface area contributed by atoms with Gasteiger partial charge in [-0.15, -0.1) is 23.1 Å². The number of benzene rings is 2. The number of ether oxygens (including phenoxy) is 1. The molecule has 3 aromatic rings. The Bertz CT molecular complexity index is 1330. The van der Waals surface area contributed by atoms with Crippen LogP contribution in [0.15, 0.2) is 59.5 Å². The number of thiophene rings is 1. The molecule has 0 saturated heterocycles. The molecule has 1 heterocycles. The molecular formula is C31H34N2O4S2. The number of rotatable bonds is 8. The smallest absolute Gasteiger partial charge is 0.341 e. The molecule has 6 nitrogen and oxygen atoms in total. The van der Waals surface area contributed by atoms with Gasteiger partial charge in [0.15, 0.2) is 0 Å². The maximum Gasteiger partial charge on any atom is 0.341 e. The number of thioether (sulfide) groups is 1. The average Bonchev–Trinajstić information content (AvgIpc) is 3.33. The minimum atomic E-state index is -0.407. The number of esters is 1. The molecule has 0 radical (unpaired) electrons. The molecule has 2 N–H and O–H groups in total. The van der Waals surface area contributed by atoms with E-state index in [0.717, 1.165) is 66.0 Å². The normalized spacial score (nSPS) is 17.2. The summed E-state index contributed by atoms with van der Waals surface area (Å²) in [5, 5.41) is 6.60. The molecule has 1 aromatic heterocycles. The van der Waals surface area contributed by atoms with Gasteiger partial charge in [0, 0.05) is 21.4 Å². The lowest BCUT2D eigenvalue weighted by atomic mass is 9.83. The van der Waals surface area contributed by atoms with Crippen molar-refractivity contribution in [2.24, 2.45) is 5.92 Å². The number of nitrogens with one attached hydrogen (secondary N) is 2. The van der Waals surface area contributed by atoms with E-state index in [0.29, 0.717) is 16.5 Å². The number of hydrogen-bond donors (Lipinski definition) is 2. The zero-order valence-corrected chi connectivity index (χ0v) is 23.8. The number of amides is 2. The summed E-state index contributed by atoms with van der Waals surface area (Å²) < 4.78 is 5.09. The van der Waals surface area contributed by atoms with Crippen molar-refractivity contribution >= 4 is 51.6 Å². The molecule has 0 bridgehead atoms. The highest BCUT2D eigenvalue weighted by Crippen LogP contribution is 2.43. The summed E-state index contributed by atoms with van der Waals surface area (Å²) in [6, 6.07) is 18.1. The Kier molecular flexibility index (Phi) is 9.04. The molecule has 1 saturated carbocycles. The van der Waals surface area contributed by atoms with Crippen molar-refractivity contribution in [3.8, 4) is 0 Å². The largest absolute Gasteiger partial charge is 0.465 e. The second-order valence-electron chi connectivity index (χ2n) is 10.2. The summed E-state index contributed by atoms with van der Waals surface area (Å²) in [4.78, 5) is 40.3. The number of methoxy groups -OCH3 is 1. The van der Waals surface area contributed by atoms with E-state index in [1.165, 1.54) is 42.2 Å². The first kappa shape index (κ1) is 27.5. The summed E-state index contributed by atoms with van der Waals surface area (Å²) in [6.07, 6.45) is 7.91. The molecule has 2 aromatic carbocycles. The summed E-state index contributed by atoms with van der Waals surface area (Å²) in [5.41, 5.74) is 3.55. The Hall–Kier alpha value is -3.10. The van der Waals surface area contributed by atoms with Crippen LogP contribution >= 0.6 is 23.1 Å². The molecule has 1 atom stereocenters. The van der Waals surface area contributed by atoms with Gasteiger partial charge >= 0.3 is 5.97 Å². The Morgan fingerprint density at radius 1 is 0.974 bits per heavy atom. The SMILES string of the molecule is COC(=O)c1c(NC(=O)CSc2cccc(NC(=O)C3CCCCC3)c2)sc2c1CCC(c1ccccc1)C2. The quantitative estimate of drug-likeness (QED) is 0.227. The Labute approximate surface area is 237 Å². The lowest BCUT2D eigenvalue weighted by Crippen LogP contribution is -2.24. The highest BCUT2D eigenvalue weighted by atomic mass is 32.2. The summed E-state index contributed by atoms with van der Waals surface area (Å²) in [6.45, 7) is 0. The van der Waals surface area contributed by atoms with Gasteiger partial charge in [-0.25, -0.2) is 4.79 Å². The zero-order chi connectivity index (χ0) is 27.2. The molecule has 1 fully saturated rings. The van der Waals surface area contributed by atoms with E-state index in [-0.39, 0.29) is 23.5 Å². The molecule has 1 unspecified atom stereocenters. The number of carbonyl (C=O) groups excluding carboxylic acids is 3. The van der Waals surface area contributed by atoms with Crippen LogP contribution in [0.2, 0.25) is 0 Å². The van der Waals surface area contributed by atoms with Gasteiger partial charge in [-0.2, -0.15) is 0 Å². The monoisotopic (exact) mass is 562 g/mol. The van der Waals surface area contributed by atoms with Crippen molar-refractivity contribution in [2.45, 2.75) is 62.2 Å². The third kappa shape index (κ3) is 6.73. The van der Waals surface area contributed by atoms with E-state index in [4.69, 9.17) is 4.74 Å². The molecule has 0 spiro atoms. The minimum Gasteiger partial charge on any atom is -0.465 e. The summed E-state index contributed by atoms with van der Waals surface area (Å²) >= 11 is 2.89. The fraction of sp³-hybridized carbons (Fsp3) is 0.387. The number of anilines is 2. The number of fused-ring (bicyclic) bond motifs is 1. The van der Waals surface area contributed by atoms with Gasteiger partial charge in [-0.3, -0.25) is 9.59 Å². The van der Waals surface area contributed by atoms with Crippen molar-refractivity contribution < 1.29 is 19.1 Å². The molecular weight excluding hydrogens is 528 g/mol. The summed E-state index contributed by atoms with van der Waals surface area (Å²) in [5.74, 6) is 0.170. The predicted octanol–water partition coefficient (Wildman–Crippen LogP) is 7.06. The van der Waals surface area contributed by atoms with Crippen LogP contribution in [0.3, 0.4) is 0 Å². The topological polar surface area (TPSA) is 84.5 Å².